The maximum Gasteiger partial charge on any atom is 0.329 e. The number of para-hydroxylation sites is 2. The van der Waals surface area contributed by atoms with Gasteiger partial charge in [-0.15, -0.1) is 0 Å². The van der Waals surface area contributed by atoms with E-state index in [1.54, 1.807) is 42.5 Å². The fourth-order valence-corrected chi connectivity index (χ4v) is 3.33. The molecule has 3 N–H and O–H groups in total. The summed E-state index contributed by atoms with van der Waals surface area (Å²) in [6.07, 6.45) is 1.27. The zero-order valence-corrected chi connectivity index (χ0v) is 21.4. The van der Waals surface area contributed by atoms with E-state index in [0.717, 1.165) is 11.1 Å². The molecule has 0 radical (unpaired) electrons. The number of aryl methyl sites for hydroxylation is 2. The molecule has 9 nitrogen and oxygen atoms in total. The zero-order valence-electron chi connectivity index (χ0n) is 20.6. The van der Waals surface area contributed by atoms with Gasteiger partial charge in [0.25, 0.3) is 5.91 Å². The number of anilines is 2. The quantitative estimate of drug-likeness (QED) is 0.218. The Morgan fingerprint density at radius 2 is 1.68 bits per heavy atom. The van der Waals surface area contributed by atoms with Gasteiger partial charge in [0.2, 0.25) is 0 Å². The van der Waals surface area contributed by atoms with Gasteiger partial charge in [-0.3, -0.25) is 14.4 Å². The number of amides is 3. The van der Waals surface area contributed by atoms with Gasteiger partial charge in [0.05, 0.1) is 18.5 Å². The molecule has 0 saturated heterocycles. The third-order valence-electron chi connectivity index (χ3n) is 5.13. The lowest BCUT2D eigenvalue weighted by Gasteiger charge is -2.11. The summed E-state index contributed by atoms with van der Waals surface area (Å²) < 4.78 is 11.1. The van der Waals surface area contributed by atoms with Crippen molar-refractivity contribution in [2.24, 2.45) is 5.10 Å². The Labute approximate surface area is 219 Å². The molecule has 3 aromatic rings. The van der Waals surface area contributed by atoms with Gasteiger partial charge in [-0.05, 0) is 74.4 Å². The third kappa shape index (κ3) is 8.08. The van der Waals surface area contributed by atoms with Crippen molar-refractivity contribution in [1.82, 2.24) is 5.43 Å². The standard InChI is InChI=1S/C27H27ClN4O5/c1-4-36-24-8-6-5-7-22(24)31-26(34)27(35)32-29-15-19-14-20(28)10-12-23(19)37-16-25(33)30-21-11-9-17(2)18(3)13-21/h5-15H,4,16H2,1-3H3,(H,30,33)(H,31,34)(H,32,35)/b29-15-. The predicted octanol–water partition coefficient (Wildman–Crippen LogP) is 4.46. The highest BCUT2D eigenvalue weighted by Crippen LogP contribution is 2.24. The van der Waals surface area contributed by atoms with Gasteiger partial charge in [0.1, 0.15) is 11.5 Å². The zero-order chi connectivity index (χ0) is 26.8. The Morgan fingerprint density at radius 1 is 0.892 bits per heavy atom. The maximum absolute atomic E-state index is 12.3. The van der Waals surface area contributed by atoms with Crippen LogP contribution in [0.1, 0.15) is 23.6 Å². The second-order valence-electron chi connectivity index (χ2n) is 7.90. The maximum atomic E-state index is 12.3. The summed E-state index contributed by atoms with van der Waals surface area (Å²) in [6.45, 7) is 5.91. The monoisotopic (exact) mass is 522 g/mol. The number of halogens is 1. The number of hydrazone groups is 1. The third-order valence-corrected chi connectivity index (χ3v) is 5.37. The van der Waals surface area contributed by atoms with E-state index in [-0.39, 0.29) is 12.5 Å². The largest absolute Gasteiger partial charge is 0.492 e. The van der Waals surface area contributed by atoms with Gasteiger partial charge in [-0.2, -0.15) is 5.10 Å². The van der Waals surface area contributed by atoms with E-state index in [0.29, 0.717) is 40.1 Å². The van der Waals surface area contributed by atoms with E-state index < -0.39 is 11.8 Å². The summed E-state index contributed by atoms with van der Waals surface area (Å²) in [4.78, 5) is 36.8. The van der Waals surface area contributed by atoms with Crippen LogP contribution in [0.4, 0.5) is 11.4 Å². The lowest BCUT2D eigenvalue weighted by Crippen LogP contribution is -2.32. The van der Waals surface area contributed by atoms with Crippen LogP contribution in [0, 0.1) is 13.8 Å². The average molecular weight is 523 g/mol. The van der Waals surface area contributed by atoms with Crippen molar-refractivity contribution in [3.8, 4) is 11.5 Å². The molecule has 192 valence electrons. The summed E-state index contributed by atoms with van der Waals surface area (Å²) in [7, 11) is 0. The molecule has 0 atom stereocenters. The van der Waals surface area contributed by atoms with Crippen molar-refractivity contribution >= 4 is 46.9 Å². The number of hydrogen-bond donors (Lipinski definition) is 3. The second kappa shape index (κ2) is 13.1. The topological polar surface area (TPSA) is 118 Å². The molecule has 3 aromatic carbocycles. The van der Waals surface area contributed by atoms with Crippen LogP contribution in [0.25, 0.3) is 0 Å². The Kier molecular flexibility index (Phi) is 9.62. The number of carbonyl (C=O) groups is 3. The molecule has 0 bridgehead atoms. The minimum atomic E-state index is -0.986. The summed E-state index contributed by atoms with van der Waals surface area (Å²) in [5.74, 6) is -1.50. The van der Waals surface area contributed by atoms with E-state index in [1.807, 2.05) is 39.0 Å². The van der Waals surface area contributed by atoms with Crippen molar-refractivity contribution in [2.75, 3.05) is 23.8 Å². The highest BCUT2D eigenvalue weighted by Gasteiger charge is 2.15. The lowest BCUT2D eigenvalue weighted by atomic mass is 10.1. The second-order valence-corrected chi connectivity index (χ2v) is 8.34. The van der Waals surface area contributed by atoms with Crippen LogP contribution in [-0.4, -0.2) is 37.1 Å². The summed E-state index contributed by atoms with van der Waals surface area (Å²) in [5, 5.41) is 9.48. The molecule has 0 heterocycles. The van der Waals surface area contributed by atoms with Crippen LogP contribution in [0.2, 0.25) is 5.02 Å². The van der Waals surface area contributed by atoms with Crippen molar-refractivity contribution in [2.45, 2.75) is 20.8 Å². The van der Waals surface area contributed by atoms with Crippen LogP contribution < -0.4 is 25.5 Å². The van der Waals surface area contributed by atoms with E-state index in [2.05, 4.69) is 21.2 Å². The number of hydrogen-bond acceptors (Lipinski definition) is 6. The number of nitrogens with one attached hydrogen (secondary N) is 3. The van der Waals surface area contributed by atoms with Gasteiger partial charge in [0.15, 0.2) is 6.61 Å². The van der Waals surface area contributed by atoms with E-state index in [9.17, 15) is 14.4 Å². The fourth-order valence-electron chi connectivity index (χ4n) is 3.15. The first-order valence-corrected chi connectivity index (χ1v) is 11.8. The first kappa shape index (κ1) is 27.2. The summed E-state index contributed by atoms with van der Waals surface area (Å²) in [5.41, 5.74) is 5.76. The van der Waals surface area contributed by atoms with E-state index in [1.165, 1.54) is 6.21 Å². The number of ether oxygens (including phenoxy) is 2. The number of rotatable bonds is 9. The molecule has 0 saturated carbocycles. The minimum Gasteiger partial charge on any atom is -0.492 e. The Bertz CT molecular complexity index is 1330. The first-order valence-electron chi connectivity index (χ1n) is 11.4. The molecule has 0 aromatic heterocycles. The first-order chi connectivity index (χ1) is 17.8. The van der Waals surface area contributed by atoms with Crippen LogP contribution in [0.5, 0.6) is 11.5 Å². The molecule has 37 heavy (non-hydrogen) atoms. The van der Waals surface area contributed by atoms with Gasteiger partial charge in [0, 0.05) is 16.3 Å². The van der Waals surface area contributed by atoms with Crippen molar-refractivity contribution < 1.29 is 23.9 Å². The Balaban J connectivity index is 1.59. The highest BCUT2D eigenvalue weighted by atomic mass is 35.5. The SMILES string of the molecule is CCOc1ccccc1NC(=O)C(=O)N/N=C\c1cc(Cl)ccc1OCC(=O)Nc1ccc(C)c(C)c1. The predicted molar refractivity (Wildman–Crippen MR) is 143 cm³/mol. The molecule has 3 amide bonds. The molecule has 0 spiro atoms. The van der Waals surface area contributed by atoms with Gasteiger partial charge < -0.3 is 20.1 Å². The molecule has 0 aliphatic carbocycles. The number of carbonyl (C=O) groups excluding carboxylic acids is 3. The summed E-state index contributed by atoms with van der Waals surface area (Å²) >= 11 is 6.08. The van der Waals surface area contributed by atoms with Crippen LogP contribution in [-0.2, 0) is 14.4 Å². The van der Waals surface area contributed by atoms with Gasteiger partial charge in [-0.25, -0.2) is 5.43 Å². The van der Waals surface area contributed by atoms with E-state index in [4.69, 9.17) is 21.1 Å². The normalized spacial score (nSPS) is 10.6. The van der Waals surface area contributed by atoms with Crippen LogP contribution in [0.15, 0.2) is 65.8 Å². The smallest absolute Gasteiger partial charge is 0.329 e. The van der Waals surface area contributed by atoms with Crippen molar-refractivity contribution in [1.29, 1.82) is 0 Å². The molecule has 10 heteroatoms. The molecular formula is C27H27ClN4O5. The molecular weight excluding hydrogens is 496 g/mol. The summed E-state index contributed by atoms with van der Waals surface area (Å²) in [6, 6.07) is 17.1. The van der Waals surface area contributed by atoms with E-state index >= 15 is 0 Å². The molecule has 3 rings (SSSR count). The van der Waals surface area contributed by atoms with Crippen molar-refractivity contribution in [3.63, 3.8) is 0 Å². The number of nitrogens with zero attached hydrogens (tertiary/aromatic N) is 1. The van der Waals surface area contributed by atoms with Gasteiger partial charge >= 0.3 is 11.8 Å². The molecule has 0 fully saturated rings. The Morgan fingerprint density at radius 3 is 2.43 bits per heavy atom. The minimum absolute atomic E-state index is 0.261. The molecule has 0 aliphatic heterocycles. The fraction of sp³-hybridized carbons (Fsp3) is 0.185. The Hall–Kier alpha value is -4.37. The van der Waals surface area contributed by atoms with Gasteiger partial charge in [-0.1, -0.05) is 29.8 Å². The van der Waals surface area contributed by atoms with Crippen LogP contribution >= 0.6 is 11.6 Å². The van der Waals surface area contributed by atoms with Crippen molar-refractivity contribution in [3.05, 3.63) is 82.4 Å². The molecule has 0 aliphatic rings. The van der Waals surface area contributed by atoms with Crippen LogP contribution in [0.3, 0.4) is 0 Å². The average Bonchev–Trinajstić information content (AvgIpc) is 2.87. The highest BCUT2D eigenvalue weighted by molar-refractivity contribution is 6.39. The molecule has 0 unspecified atom stereocenters. The number of benzene rings is 3. The lowest BCUT2D eigenvalue weighted by molar-refractivity contribution is -0.136.